The predicted octanol–water partition coefficient (Wildman–Crippen LogP) is 4.47. The highest BCUT2D eigenvalue weighted by molar-refractivity contribution is 6.30. The zero-order valence-corrected chi connectivity index (χ0v) is 27.4. The van der Waals surface area contributed by atoms with Gasteiger partial charge in [0.15, 0.2) is 0 Å². The summed E-state index contributed by atoms with van der Waals surface area (Å²) in [5, 5.41) is 6.86. The van der Waals surface area contributed by atoms with Gasteiger partial charge in [-0.25, -0.2) is 0 Å². The van der Waals surface area contributed by atoms with Crippen molar-refractivity contribution in [3.8, 4) is 0 Å². The number of anilines is 1. The van der Waals surface area contributed by atoms with Gasteiger partial charge < -0.3 is 25.3 Å². The van der Waals surface area contributed by atoms with E-state index in [1.54, 1.807) is 11.0 Å². The van der Waals surface area contributed by atoms with Gasteiger partial charge >= 0.3 is 0 Å². The van der Waals surface area contributed by atoms with E-state index in [1.807, 2.05) is 65.6 Å². The standard InChI is InChI=1S/C37H42ClN5O4/c38-30-13-8-14-31(22-30)43-26-42(25-34(45)40-23-27-9-2-1-3-10-27)36(47)37(43)17-19-41(20-18-37)35(46)16-7-6-15-33(44)32-21-28-11-4-5-12-29(28)24-39-32/h1-5,8-14,22,32,39H,6-7,15-21,23-26H2,(H,40,45)/t32-/m1/s1. The summed E-state index contributed by atoms with van der Waals surface area (Å²) in [5.74, 6) is -0.0719. The zero-order valence-electron chi connectivity index (χ0n) is 26.6. The Morgan fingerprint density at radius 2 is 1.62 bits per heavy atom. The van der Waals surface area contributed by atoms with Crippen molar-refractivity contribution < 1.29 is 19.2 Å². The summed E-state index contributed by atoms with van der Waals surface area (Å²) in [6, 6.07) is 25.1. The quantitative estimate of drug-likeness (QED) is 0.296. The van der Waals surface area contributed by atoms with Crippen molar-refractivity contribution in [2.75, 3.05) is 31.2 Å². The van der Waals surface area contributed by atoms with E-state index in [4.69, 9.17) is 11.6 Å². The Balaban J connectivity index is 1.02. The van der Waals surface area contributed by atoms with Gasteiger partial charge in [-0.05, 0) is 67.0 Å². The molecule has 246 valence electrons. The predicted molar refractivity (Wildman–Crippen MR) is 182 cm³/mol. The molecule has 3 amide bonds. The number of unbranched alkanes of at least 4 members (excludes halogenated alkanes) is 1. The average Bonchev–Trinajstić information content (AvgIpc) is 3.35. The van der Waals surface area contributed by atoms with Crippen molar-refractivity contribution >= 4 is 40.8 Å². The number of halogens is 1. The molecule has 9 nitrogen and oxygen atoms in total. The molecule has 6 rings (SSSR count). The highest BCUT2D eigenvalue weighted by Crippen LogP contribution is 2.40. The van der Waals surface area contributed by atoms with E-state index in [0.29, 0.717) is 76.1 Å². The fourth-order valence-corrected chi connectivity index (χ4v) is 7.28. The number of fused-ring (bicyclic) bond motifs is 1. The fourth-order valence-electron chi connectivity index (χ4n) is 7.10. The van der Waals surface area contributed by atoms with Crippen LogP contribution in [-0.2, 0) is 38.7 Å². The smallest absolute Gasteiger partial charge is 0.250 e. The number of carbonyl (C=O) groups excluding carboxylic acids is 4. The Morgan fingerprint density at radius 3 is 2.38 bits per heavy atom. The molecule has 2 N–H and O–H groups in total. The second-order valence-electron chi connectivity index (χ2n) is 12.8. The third-order valence-electron chi connectivity index (χ3n) is 9.78. The van der Waals surface area contributed by atoms with Crippen LogP contribution in [0.15, 0.2) is 78.9 Å². The number of amides is 3. The van der Waals surface area contributed by atoms with Crippen LogP contribution in [0.25, 0.3) is 0 Å². The van der Waals surface area contributed by atoms with Crippen LogP contribution in [0.3, 0.4) is 0 Å². The molecule has 3 aliphatic heterocycles. The molecule has 3 heterocycles. The number of Topliss-reactive ketones (excluding diaryl/α,β-unsaturated/α-hetero) is 1. The highest BCUT2D eigenvalue weighted by Gasteiger charge is 2.54. The highest BCUT2D eigenvalue weighted by atomic mass is 35.5. The molecule has 0 aromatic heterocycles. The van der Waals surface area contributed by atoms with Crippen molar-refractivity contribution in [1.82, 2.24) is 20.4 Å². The minimum absolute atomic E-state index is 0.0469. The molecule has 2 fully saturated rings. The first-order chi connectivity index (χ1) is 22.8. The summed E-state index contributed by atoms with van der Waals surface area (Å²) in [5.41, 5.74) is 3.42. The number of hydrogen-bond donors (Lipinski definition) is 2. The third kappa shape index (κ3) is 7.52. The van der Waals surface area contributed by atoms with Gasteiger partial charge in [0.25, 0.3) is 5.91 Å². The summed E-state index contributed by atoms with van der Waals surface area (Å²) in [6.07, 6.45) is 3.78. The van der Waals surface area contributed by atoms with E-state index in [0.717, 1.165) is 11.3 Å². The first-order valence-electron chi connectivity index (χ1n) is 16.6. The molecule has 47 heavy (non-hydrogen) atoms. The van der Waals surface area contributed by atoms with Crippen LogP contribution in [0.1, 0.15) is 55.2 Å². The number of nitrogens with one attached hydrogen (secondary N) is 2. The van der Waals surface area contributed by atoms with E-state index in [2.05, 4.69) is 27.7 Å². The fraction of sp³-hybridized carbons (Fsp3) is 0.405. The SMILES string of the molecule is O=C(CN1CN(c2cccc(Cl)c2)C2(CCN(C(=O)CCCCC(=O)[C@H]3Cc4ccccc4CN3)CC2)C1=O)NCc1ccccc1. The van der Waals surface area contributed by atoms with Gasteiger partial charge in [-0.3, -0.25) is 19.2 Å². The average molecular weight is 656 g/mol. The van der Waals surface area contributed by atoms with Crippen LogP contribution in [0, 0.1) is 0 Å². The van der Waals surface area contributed by atoms with Crippen LogP contribution >= 0.6 is 11.6 Å². The van der Waals surface area contributed by atoms with Gasteiger partial charge in [0.1, 0.15) is 17.9 Å². The number of benzene rings is 3. The van der Waals surface area contributed by atoms with Gasteiger partial charge in [-0.15, -0.1) is 0 Å². The lowest BCUT2D eigenvalue weighted by molar-refractivity contribution is -0.140. The van der Waals surface area contributed by atoms with Crippen molar-refractivity contribution in [3.05, 3.63) is 101 Å². The Labute approximate surface area is 281 Å². The molecule has 3 aliphatic rings. The molecule has 0 aliphatic carbocycles. The van der Waals surface area contributed by atoms with Crippen LogP contribution in [0.4, 0.5) is 5.69 Å². The first kappa shape index (κ1) is 32.7. The molecular weight excluding hydrogens is 614 g/mol. The maximum Gasteiger partial charge on any atom is 0.250 e. The molecule has 0 saturated carbocycles. The van der Waals surface area contributed by atoms with E-state index in [-0.39, 0.29) is 42.8 Å². The molecule has 10 heteroatoms. The number of piperidine rings is 1. The van der Waals surface area contributed by atoms with Crippen molar-refractivity contribution in [1.29, 1.82) is 0 Å². The molecule has 0 bridgehead atoms. The van der Waals surface area contributed by atoms with E-state index in [9.17, 15) is 19.2 Å². The second-order valence-corrected chi connectivity index (χ2v) is 13.2. The van der Waals surface area contributed by atoms with Crippen LogP contribution in [0.5, 0.6) is 0 Å². The molecule has 3 aromatic rings. The summed E-state index contributed by atoms with van der Waals surface area (Å²) >= 11 is 6.35. The van der Waals surface area contributed by atoms with Crippen molar-refractivity contribution in [2.24, 2.45) is 0 Å². The van der Waals surface area contributed by atoms with E-state index < -0.39 is 5.54 Å². The number of nitrogens with zero attached hydrogens (tertiary/aromatic N) is 3. The molecule has 1 spiro atoms. The Hall–Kier alpha value is -4.21. The maximum atomic E-state index is 14.0. The topological polar surface area (TPSA) is 102 Å². The lowest BCUT2D eigenvalue weighted by atomic mass is 9.85. The van der Waals surface area contributed by atoms with Gasteiger partial charge in [-0.2, -0.15) is 0 Å². The van der Waals surface area contributed by atoms with Gasteiger partial charge in [-0.1, -0.05) is 72.3 Å². The van der Waals surface area contributed by atoms with Gasteiger partial charge in [0.2, 0.25) is 11.8 Å². The van der Waals surface area contributed by atoms with Crippen LogP contribution in [-0.4, -0.2) is 71.2 Å². The Kier molecular flexibility index (Phi) is 10.2. The second kappa shape index (κ2) is 14.7. The monoisotopic (exact) mass is 655 g/mol. The van der Waals surface area contributed by atoms with Crippen molar-refractivity contribution in [2.45, 2.75) is 69.6 Å². The van der Waals surface area contributed by atoms with E-state index >= 15 is 0 Å². The van der Waals surface area contributed by atoms with Crippen LogP contribution in [0.2, 0.25) is 5.02 Å². The minimum Gasteiger partial charge on any atom is -0.350 e. The number of likely N-dealkylation sites (tertiary alicyclic amines) is 1. The maximum absolute atomic E-state index is 14.0. The Bertz CT molecular complexity index is 1610. The lowest BCUT2D eigenvalue weighted by Gasteiger charge is -2.43. The zero-order chi connectivity index (χ0) is 32.8. The number of ketones is 1. The summed E-state index contributed by atoms with van der Waals surface area (Å²) in [6.45, 7) is 2.20. The molecule has 2 saturated heterocycles. The van der Waals surface area contributed by atoms with E-state index in [1.165, 1.54) is 11.1 Å². The molecule has 0 radical (unpaired) electrons. The number of carbonyl (C=O) groups is 4. The van der Waals surface area contributed by atoms with Crippen molar-refractivity contribution in [3.63, 3.8) is 0 Å². The molecule has 1 atom stereocenters. The number of rotatable bonds is 11. The summed E-state index contributed by atoms with van der Waals surface area (Å²) < 4.78 is 0. The first-order valence-corrected chi connectivity index (χ1v) is 16.9. The largest absolute Gasteiger partial charge is 0.350 e. The normalized spacial score (nSPS) is 18.7. The third-order valence-corrected chi connectivity index (χ3v) is 10.0. The lowest BCUT2D eigenvalue weighted by Crippen LogP contribution is -2.57. The summed E-state index contributed by atoms with van der Waals surface area (Å²) in [4.78, 5) is 58.5. The summed E-state index contributed by atoms with van der Waals surface area (Å²) in [7, 11) is 0. The molecular formula is C37H42ClN5O4. The molecule has 3 aromatic carbocycles. The van der Waals surface area contributed by atoms with Crippen LogP contribution < -0.4 is 15.5 Å². The molecule has 0 unspecified atom stereocenters. The minimum atomic E-state index is -0.862. The number of hydrogen-bond acceptors (Lipinski definition) is 6. The Morgan fingerprint density at radius 1 is 0.894 bits per heavy atom. The van der Waals surface area contributed by atoms with Gasteiger partial charge in [0.05, 0.1) is 12.7 Å². The van der Waals surface area contributed by atoms with Gasteiger partial charge in [0, 0.05) is 49.7 Å².